The number of carbonyl (C=O) groups is 1. The van der Waals surface area contributed by atoms with Gasteiger partial charge in [0.1, 0.15) is 5.75 Å². The van der Waals surface area contributed by atoms with Crippen LogP contribution >= 0.6 is 11.6 Å². The van der Waals surface area contributed by atoms with Crippen molar-refractivity contribution in [2.45, 2.75) is 39.5 Å². The van der Waals surface area contributed by atoms with Crippen molar-refractivity contribution in [2.75, 3.05) is 12.4 Å². The van der Waals surface area contributed by atoms with Crippen molar-refractivity contribution in [1.29, 1.82) is 0 Å². The van der Waals surface area contributed by atoms with Crippen molar-refractivity contribution in [1.82, 2.24) is 0 Å². The van der Waals surface area contributed by atoms with E-state index in [1.54, 1.807) is 13.2 Å². The Labute approximate surface area is 160 Å². The summed E-state index contributed by atoms with van der Waals surface area (Å²) in [5, 5.41) is 3.52. The van der Waals surface area contributed by atoms with Crippen LogP contribution in [-0.2, 0) is 4.79 Å². The first-order chi connectivity index (χ1) is 12.3. The van der Waals surface area contributed by atoms with Gasteiger partial charge in [-0.3, -0.25) is 4.79 Å². The molecule has 0 spiro atoms. The Balaban J connectivity index is 2.18. The molecule has 0 aliphatic carbocycles. The first-order valence-corrected chi connectivity index (χ1v) is 9.24. The smallest absolute Gasteiger partial charge is 0.256 e. The minimum absolute atomic E-state index is 0.102. The molecule has 1 heterocycles. The maximum atomic E-state index is 12.5. The summed E-state index contributed by atoms with van der Waals surface area (Å²) < 4.78 is 5.70. The third-order valence-electron chi connectivity index (χ3n) is 4.69. The Morgan fingerprint density at radius 1 is 1.04 bits per heavy atom. The normalized spacial score (nSPS) is 14.9. The molecule has 4 heteroatoms. The lowest BCUT2D eigenvalue weighted by Crippen LogP contribution is -2.04. The van der Waals surface area contributed by atoms with E-state index < -0.39 is 0 Å². The summed E-state index contributed by atoms with van der Waals surface area (Å²) in [6.07, 6.45) is 1.94. The van der Waals surface area contributed by atoms with Gasteiger partial charge in [0.05, 0.1) is 7.11 Å². The molecule has 1 amide bonds. The highest BCUT2D eigenvalue weighted by Gasteiger charge is 2.25. The van der Waals surface area contributed by atoms with Gasteiger partial charge in [-0.25, -0.2) is 0 Å². The van der Waals surface area contributed by atoms with Gasteiger partial charge in [-0.2, -0.15) is 0 Å². The Morgan fingerprint density at radius 2 is 1.65 bits per heavy atom. The molecule has 2 aromatic rings. The number of halogens is 1. The van der Waals surface area contributed by atoms with E-state index >= 15 is 0 Å². The zero-order chi connectivity index (χ0) is 19.0. The maximum Gasteiger partial charge on any atom is 0.256 e. The van der Waals surface area contributed by atoms with Crippen LogP contribution in [0.2, 0.25) is 5.02 Å². The van der Waals surface area contributed by atoms with Gasteiger partial charge >= 0.3 is 0 Å². The maximum absolute atomic E-state index is 12.5. The molecule has 0 bridgehead atoms. The Morgan fingerprint density at radius 3 is 2.19 bits per heavy atom. The quantitative estimate of drug-likeness (QED) is 0.662. The molecule has 0 atom stereocenters. The molecule has 136 valence electrons. The van der Waals surface area contributed by atoms with Crippen LogP contribution in [-0.4, -0.2) is 13.0 Å². The molecule has 26 heavy (non-hydrogen) atoms. The monoisotopic (exact) mass is 369 g/mol. The predicted octanol–water partition coefficient (Wildman–Crippen LogP) is 6.09. The van der Waals surface area contributed by atoms with Gasteiger partial charge < -0.3 is 10.1 Å². The van der Waals surface area contributed by atoms with Crippen LogP contribution in [0, 0.1) is 0 Å². The lowest BCUT2D eigenvalue weighted by atomic mass is 9.90. The minimum Gasteiger partial charge on any atom is -0.496 e. The topological polar surface area (TPSA) is 38.3 Å². The van der Waals surface area contributed by atoms with E-state index in [1.165, 1.54) is 0 Å². The number of fused-ring (bicyclic) bond motifs is 1. The number of hydrogen-bond donors (Lipinski definition) is 1. The molecule has 0 aromatic heterocycles. The van der Waals surface area contributed by atoms with Gasteiger partial charge in [0, 0.05) is 21.8 Å². The molecule has 0 saturated heterocycles. The van der Waals surface area contributed by atoms with Crippen molar-refractivity contribution in [3.05, 3.63) is 57.6 Å². The SMILES string of the molecule is COc1c(C(C)C)cc(C=C2C(=O)Nc3ccc(Cl)cc32)cc1C(C)C. The third-order valence-corrected chi connectivity index (χ3v) is 4.93. The van der Waals surface area contributed by atoms with Crippen LogP contribution in [0.3, 0.4) is 0 Å². The van der Waals surface area contributed by atoms with E-state index in [2.05, 4.69) is 45.1 Å². The zero-order valence-electron chi connectivity index (χ0n) is 15.8. The predicted molar refractivity (Wildman–Crippen MR) is 109 cm³/mol. The first-order valence-electron chi connectivity index (χ1n) is 8.86. The second kappa shape index (κ2) is 7.16. The molecular formula is C22H24ClNO2. The highest BCUT2D eigenvalue weighted by molar-refractivity contribution is 6.36. The number of amides is 1. The lowest BCUT2D eigenvalue weighted by molar-refractivity contribution is -0.110. The van der Waals surface area contributed by atoms with Gasteiger partial charge in [-0.15, -0.1) is 0 Å². The van der Waals surface area contributed by atoms with Crippen LogP contribution in [0.5, 0.6) is 5.75 Å². The van der Waals surface area contributed by atoms with E-state index in [0.717, 1.165) is 33.7 Å². The molecule has 1 N–H and O–H groups in total. The Kier molecular flexibility index (Phi) is 5.10. The molecule has 0 fully saturated rings. The van der Waals surface area contributed by atoms with Gasteiger partial charge in [0.25, 0.3) is 5.91 Å². The molecule has 0 radical (unpaired) electrons. The van der Waals surface area contributed by atoms with Crippen molar-refractivity contribution in [3.8, 4) is 5.75 Å². The summed E-state index contributed by atoms with van der Waals surface area (Å²) in [5.41, 5.74) is 5.57. The summed E-state index contributed by atoms with van der Waals surface area (Å²) in [7, 11) is 1.72. The largest absolute Gasteiger partial charge is 0.496 e. The summed E-state index contributed by atoms with van der Waals surface area (Å²) in [6.45, 7) is 8.60. The van der Waals surface area contributed by atoms with E-state index in [4.69, 9.17) is 16.3 Å². The Hall–Kier alpha value is -2.26. The van der Waals surface area contributed by atoms with Gasteiger partial charge in [0.15, 0.2) is 0 Å². The summed E-state index contributed by atoms with van der Waals surface area (Å²) in [4.78, 5) is 12.5. The fraction of sp³-hybridized carbons (Fsp3) is 0.318. The fourth-order valence-electron chi connectivity index (χ4n) is 3.35. The van der Waals surface area contributed by atoms with E-state index in [1.807, 2.05) is 18.2 Å². The van der Waals surface area contributed by atoms with Gasteiger partial charge in [0.2, 0.25) is 0 Å². The first kappa shape index (κ1) is 18.5. The molecule has 1 aliphatic heterocycles. The van der Waals surface area contributed by atoms with Crippen molar-refractivity contribution in [3.63, 3.8) is 0 Å². The molecular weight excluding hydrogens is 346 g/mol. The molecule has 0 unspecified atom stereocenters. The van der Waals surface area contributed by atoms with Gasteiger partial charge in [-0.1, -0.05) is 39.3 Å². The number of benzene rings is 2. The van der Waals surface area contributed by atoms with Crippen LogP contribution < -0.4 is 10.1 Å². The van der Waals surface area contributed by atoms with Crippen molar-refractivity contribution < 1.29 is 9.53 Å². The molecule has 3 rings (SSSR count). The number of carbonyl (C=O) groups excluding carboxylic acids is 1. The van der Waals surface area contributed by atoms with Crippen molar-refractivity contribution >= 4 is 34.8 Å². The average molecular weight is 370 g/mol. The zero-order valence-corrected chi connectivity index (χ0v) is 16.6. The van der Waals surface area contributed by atoms with E-state index in [-0.39, 0.29) is 5.91 Å². The number of anilines is 1. The summed E-state index contributed by atoms with van der Waals surface area (Å²) in [5.74, 6) is 1.48. The van der Waals surface area contributed by atoms with E-state index in [9.17, 15) is 4.79 Å². The van der Waals surface area contributed by atoms with Crippen LogP contribution in [0.15, 0.2) is 30.3 Å². The molecule has 2 aromatic carbocycles. The number of methoxy groups -OCH3 is 1. The lowest BCUT2D eigenvalue weighted by Gasteiger charge is -2.19. The number of ether oxygens (including phenoxy) is 1. The van der Waals surface area contributed by atoms with Crippen LogP contribution in [0.1, 0.15) is 61.8 Å². The summed E-state index contributed by atoms with van der Waals surface area (Å²) in [6, 6.07) is 9.67. The van der Waals surface area contributed by atoms with E-state index in [0.29, 0.717) is 22.4 Å². The Bertz CT molecular complexity index is 868. The van der Waals surface area contributed by atoms with Crippen molar-refractivity contribution in [2.24, 2.45) is 0 Å². The average Bonchev–Trinajstić information content (AvgIpc) is 2.89. The highest BCUT2D eigenvalue weighted by Crippen LogP contribution is 2.39. The molecule has 3 nitrogen and oxygen atoms in total. The second-order valence-corrected chi connectivity index (χ2v) is 7.68. The fourth-order valence-corrected chi connectivity index (χ4v) is 3.52. The number of hydrogen-bond acceptors (Lipinski definition) is 2. The summed E-state index contributed by atoms with van der Waals surface area (Å²) >= 11 is 6.13. The molecule has 0 saturated carbocycles. The number of nitrogens with one attached hydrogen (secondary N) is 1. The van der Waals surface area contributed by atoms with Crippen LogP contribution in [0.25, 0.3) is 11.6 Å². The minimum atomic E-state index is -0.102. The third kappa shape index (κ3) is 3.36. The second-order valence-electron chi connectivity index (χ2n) is 7.24. The standard InChI is InChI=1S/C22H24ClNO2/c1-12(2)16-8-14(9-17(13(3)4)21(16)26-5)10-19-18-11-15(23)6-7-20(18)24-22(19)25/h6-13H,1-5H3,(H,24,25). The highest BCUT2D eigenvalue weighted by atomic mass is 35.5. The molecule has 1 aliphatic rings. The number of rotatable bonds is 4. The van der Waals surface area contributed by atoms with Crippen LogP contribution in [0.4, 0.5) is 5.69 Å². The van der Waals surface area contributed by atoms with Gasteiger partial charge in [-0.05, 0) is 64.9 Å².